The SMILES string of the molecule is N#CCc1ccc(S(=O)(=O)C2CC2)cc1. The molecular formula is C11H11NO2S. The fourth-order valence-electron chi connectivity index (χ4n) is 1.46. The van der Waals surface area contributed by atoms with Gasteiger partial charge in [0.1, 0.15) is 0 Å². The van der Waals surface area contributed by atoms with Crippen LogP contribution in [0.2, 0.25) is 0 Å². The monoisotopic (exact) mass is 221 g/mol. The molecule has 1 aromatic rings. The molecule has 15 heavy (non-hydrogen) atoms. The molecule has 0 radical (unpaired) electrons. The molecule has 0 N–H and O–H groups in total. The third-order valence-electron chi connectivity index (χ3n) is 2.50. The van der Waals surface area contributed by atoms with Gasteiger partial charge in [-0.15, -0.1) is 0 Å². The minimum Gasteiger partial charge on any atom is -0.223 e. The second kappa shape index (κ2) is 3.67. The largest absolute Gasteiger partial charge is 0.223 e. The Bertz CT molecular complexity index is 492. The predicted molar refractivity (Wildman–Crippen MR) is 56.0 cm³/mol. The molecule has 2 rings (SSSR count). The van der Waals surface area contributed by atoms with Crippen LogP contribution in [0.15, 0.2) is 29.2 Å². The van der Waals surface area contributed by atoms with Crippen LogP contribution < -0.4 is 0 Å². The van der Waals surface area contributed by atoms with Gasteiger partial charge in [-0.25, -0.2) is 8.42 Å². The quantitative estimate of drug-likeness (QED) is 0.780. The van der Waals surface area contributed by atoms with Crippen LogP contribution >= 0.6 is 0 Å². The fourth-order valence-corrected chi connectivity index (χ4v) is 3.12. The molecule has 0 atom stereocenters. The van der Waals surface area contributed by atoms with E-state index in [0.29, 0.717) is 11.3 Å². The van der Waals surface area contributed by atoms with Gasteiger partial charge in [0.15, 0.2) is 9.84 Å². The van der Waals surface area contributed by atoms with E-state index in [1.54, 1.807) is 24.3 Å². The van der Waals surface area contributed by atoms with E-state index >= 15 is 0 Å². The molecule has 0 heterocycles. The number of nitriles is 1. The maximum absolute atomic E-state index is 11.8. The average Bonchev–Trinajstić information content (AvgIpc) is 3.02. The Morgan fingerprint density at radius 2 is 1.87 bits per heavy atom. The Morgan fingerprint density at radius 3 is 2.33 bits per heavy atom. The maximum atomic E-state index is 11.8. The third kappa shape index (κ3) is 2.02. The Balaban J connectivity index is 2.28. The summed E-state index contributed by atoms with van der Waals surface area (Å²) in [5.41, 5.74) is 0.854. The van der Waals surface area contributed by atoms with Gasteiger partial charge in [-0.05, 0) is 30.5 Å². The highest BCUT2D eigenvalue weighted by Gasteiger charge is 2.36. The number of hydrogen-bond donors (Lipinski definition) is 0. The Kier molecular flexibility index (Phi) is 2.49. The number of sulfone groups is 1. The molecule has 1 aliphatic rings. The van der Waals surface area contributed by atoms with Crippen molar-refractivity contribution in [1.82, 2.24) is 0 Å². The van der Waals surface area contributed by atoms with E-state index in [1.165, 1.54) is 0 Å². The molecule has 0 saturated heterocycles. The molecule has 0 aromatic heterocycles. The summed E-state index contributed by atoms with van der Waals surface area (Å²) >= 11 is 0. The molecule has 0 unspecified atom stereocenters. The van der Waals surface area contributed by atoms with Gasteiger partial charge < -0.3 is 0 Å². The van der Waals surface area contributed by atoms with Crippen LogP contribution in [0.3, 0.4) is 0 Å². The summed E-state index contributed by atoms with van der Waals surface area (Å²) in [6.07, 6.45) is 1.88. The molecule has 0 bridgehead atoms. The van der Waals surface area contributed by atoms with Gasteiger partial charge in [0.25, 0.3) is 0 Å². The summed E-state index contributed by atoms with van der Waals surface area (Å²) in [7, 11) is -3.08. The van der Waals surface area contributed by atoms with Crippen molar-refractivity contribution in [3.63, 3.8) is 0 Å². The van der Waals surface area contributed by atoms with Crippen LogP contribution in [-0.2, 0) is 16.3 Å². The molecule has 1 saturated carbocycles. The molecular weight excluding hydrogens is 210 g/mol. The lowest BCUT2D eigenvalue weighted by Crippen LogP contribution is -2.06. The lowest BCUT2D eigenvalue weighted by Gasteiger charge is -2.02. The van der Waals surface area contributed by atoms with E-state index < -0.39 is 9.84 Å². The zero-order chi connectivity index (χ0) is 10.9. The summed E-state index contributed by atoms with van der Waals surface area (Å²) < 4.78 is 23.6. The highest BCUT2D eigenvalue weighted by atomic mass is 32.2. The first-order valence-electron chi connectivity index (χ1n) is 4.84. The highest BCUT2D eigenvalue weighted by molar-refractivity contribution is 7.92. The van der Waals surface area contributed by atoms with Gasteiger partial charge in [-0.3, -0.25) is 0 Å². The summed E-state index contributed by atoms with van der Waals surface area (Å²) in [6, 6.07) is 8.64. The smallest absolute Gasteiger partial charge is 0.181 e. The number of rotatable bonds is 3. The van der Waals surface area contributed by atoms with Crippen molar-refractivity contribution in [2.45, 2.75) is 29.4 Å². The minimum absolute atomic E-state index is 0.167. The maximum Gasteiger partial charge on any atom is 0.181 e. The Labute approximate surface area is 89.3 Å². The van der Waals surface area contributed by atoms with Crippen LogP contribution in [0.25, 0.3) is 0 Å². The molecule has 4 heteroatoms. The van der Waals surface area contributed by atoms with E-state index in [2.05, 4.69) is 0 Å². The minimum atomic E-state index is -3.08. The van der Waals surface area contributed by atoms with E-state index in [1.807, 2.05) is 6.07 Å². The van der Waals surface area contributed by atoms with Crippen molar-refractivity contribution < 1.29 is 8.42 Å². The van der Waals surface area contributed by atoms with Crippen LogP contribution in [0.1, 0.15) is 18.4 Å². The van der Waals surface area contributed by atoms with Gasteiger partial charge in [-0.1, -0.05) is 12.1 Å². The summed E-state index contributed by atoms with van der Waals surface area (Å²) in [5.74, 6) is 0. The number of hydrogen-bond acceptors (Lipinski definition) is 3. The fraction of sp³-hybridized carbons (Fsp3) is 0.364. The Morgan fingerprint density at radius 1 is 1.27 bits per heavy atom. The number of nitrogens with zero attached hydrogens (tertiary/aromatic N) is 1. The van der Waals surface area contributed by atoms with Gasteiger partial charge in [-0.2, -0.15) is 5.26 Å². The molecule has 1 fully saturated rings. The average molecular weight is 221 g/mol. The molecule has 0 aliphatic heterocycles. The first-order chi connectivity index (χ1) is 7.14. The van der Waals surface area contributed by atoms with Gasteiger partial charge >= 0.3 is 0 Å². The molecule has 1 aliphatic carbocycles. The normalized spacial score (nSPS) is 15.9. The first-order valence-corrected chi connectivity index (χ1v) is 6.39. The topological polar surface area (TPSA) is 57.9 Å². The van der Waals surface area contributed by atoms with Crippen molar-refractivity contribution in [2.75, 3.05) is 0 Å². The summed E-state index contributed by atoms with van der Waals surface area (Å²) in [4.78, 5) is 0.381. The van der Waals surface area contributed by atoms with E-state index in [4.69, 9.17) is 5.26 Å². The summed E-state index contributed by atoms with van der Waals surface area (Å²) in [5, 5.41) is 8.31. The third-order valence-corrected chi connectivity index (χ3v) is 4.78. The lowest BCUT2D eigenvalue weighted by atomic mass is 10.2. The molecule has 1 aromatic carbocycles. The van der Waals surface area contributed by atoms with E-state index in [-0.39, 0.29) is 5.25 Å². The highest BCUT2D eigenvalue weighted by Crippen LogP contribution is 2.33. The number of benzene rings is 1. The van der Waals surface area contributed by atoms with Crippen molar-refractivity contribution in [3.05, 3.63) is 29.8 Å². The van der Waals surface area contributed by atoms with Gasteiger partial charge in [0, 0.05) is 0 Å². The van der Waals surface area contributed by atoms with Crippen LogP contribution in [-0.4, -0.2) is 13.7 Å². The Hall–Kier alpha value is -1.34. The zero-order valence-corrected chi connectivity index (χ0v) is 9.00. The van der Waals surface area contributed by atoms with Crippen molar-refractivity contribution in [2.24, 2.45) is 0 Å². The first kappa shape index (κ1) is 10.2. The van der Waals surface area contributed by atoms with Crippen molar-refractivity contribution in [3.8, 4) is 6.07 Å². The standard InChI is InChI=1S/C11H11NO2S/c12-8-7-9-1-3-10(4-2-9)15(13,14)11-5-6-11/h1-4,11H,5-7H2. The van der Waals surface area contributed by atoms with Crippen LogP contribution in [0, 0.1) is 11.3 Å². The van der Waals surface area contributed by atoms with Crippen LogP contribution in [0.5, 0.6) is 0 Å². The van der Waals surface area contributed by atoms with Gasteiger partial charge in [0.2, 0.25) is 0 Å². The predicted octanol–water partition coefficient (Wildman–Crippen LogP) is 1.69. The molecule has 0 amide bonds. The molecule has 3 nitrogen and oxygen atoms in total. The second-order valence-electron chi connectivity index (χ2n) is 3.72. The van der Waals surface area contributed by atoms with Crippen molar-refractivity contribution >= 4 is 9.84 Å². The van der Waals surface area contributed by atoms with E-state index in [9.17, 15) is 8.42 Å². The second-order valence-corrected chi connectivity index (χ2v) is 5.95. The van der Waals surface area contributed by atoms with E-state index in [0.717, 1.165) is 18.4 Å². The van der Waals surface area contributed by atoms with Crippen LogP contribution in [0.4, 0.5) is 0 Å². The molecule has 78 valence electrons. The lowest BCUT2D eigenvalue weighted by molar-refractivity contribution is 0.595. The summed E-state index contributed by atoms with van der Waals surface area (Å²) in [6.45, 7) is 0. The van der Waals surface area contributed by atoms with Gasteiger partial charge in [0.05, 0.1) is 22.6 Å². The van der Waals surface area contributed by atoms with Crippen molar-refractivity contribution in [1.29, 1.82) is 5.26 Å². The molecule has 0 spiro atoms. The zero-order valence-electron chi connectivity index (χ0n) is 8.18.